The third-order valence-electron chi connectivity index (χ3n) is 7.03. The highest BCUT2D eigenvalue weighted by Crippen LogP contribution is 2.58. The molecular formula is C31H22N2S2. The summed E-state index contributed by atoms with van der Waals surface area (Å²) in [5.41, 5.74) is 8.58. The lowest BCUT2D eigenvalue weighted by molar-refractivity contribution is 0.642. The molecule has 1 aliphatic carbocycles. The van der Waals surface area contributed by atoms with E-state index in [2.05, 4.69) is 80.6 Å². The van der Waals surface area contributed by atoms with Crippen molar-refractivity contribution in [2.24, 2.45) is 0 Å². The van der Waals surface area contributed by atoms with Crippen LogP contribution in [0.4, 0.5) is 0 Å². The van der Waals surface area contributed by atoms with Gasteiger partial charge in [-0.25, -0.2) is 9.97 Å². The summed E-state index contributed by atoms with van der Waals surface area (Å²) in [7, 11) is 0. The molecule has 0 fully saturated rings. The normalized spacial score (nSPS) is 14.6. The van der Waals surface area contributed by atoms with Crippen molar-refractivity contribution in [1.82, 2.24) is 9.97 Å². The van der Waals surface area contributed by atoms with Gasteiger partial charge in [-0.15, -0.1) is 0 Å². The molecule has 0 atom stereocenters. The van der Waals surface area contributed by atoms with Crippen LogP contribution in [-0.4, -0.2) is 9.97 Å². The highest BCUT2D eigenvalue weighted by atomic mass is 32.2. The third kappa shape index (κ3) is 3.28. The molecule has 1 aliphatic heterocycles. The number of hydrogen-bond donors (Lipinski definition) is 0. The van der Waals surface area contributed by atoms with Crippen molar-refractivity contribution in [1.29, 1.82) is 0 Å². The van der Waals surface area contributed by atoms with Gasteiger partial charge >= 0.3 is 0 Å². The SMILES string of the molecule is CC1(C)c2cc(-c3ncc(-c4ccccc4)cn3)ccc2-c2ccc3c(c21)Sc1ccccc1S3. The first-order valence-corrected chi connectivity index (χ1v) is 13.4. The molecule has 5 aromatic rings. The predicted molar refractivity (Wildman–Crippen MR) is 145 cm³/mol. The number of rotatable bonds is 2. The van der Waals surface area contributed by atoms with Crippen LogP contribution in [0.25, 0.3) is 33.6 Å². The first-order chi connectivity index (χ1) is 17.1. The van der Waals surface area contributed by atoms with E-state index in [9.17, 15) is 0 Å². The second-order valence-corrected chi connectivity index (χ2v) is 11.6. The molecule has 2 heterocycles. The summed E-state index contributed by atoms with van der Waals surface area (Å²) in [6.07, 6.45) is 3.85. The van der Waals surface area contributed by atoms with E-state index in [0.29, 0.717) is 0 Å². The Hall–Kier alpha value is -3.34. The maximum atomic E-state index is 4.72. The number of fused-ring (bicyclic) bond motifs is 6. The fourth-order valence-corrected chi connectivity index (χ4v) is 7.82. The van der Waals surface area contributed by atoms with Gasteiger partial charge in [0.15, 0.2) is 5.82 Å². The van der Waals surface area contributed by atoms with Gasteiger partial charge in [0.25, 0.3) is 0 Å². The molecule has 4 heteroatoms. The lowest BCUT2D eigenvalue weighted by Crippen LogP contribution is -2.17. The van der Waals surface area contributed by atoms with Crippen LogP contribution in [0.5, 0.6) is 0 Å². The highest BCUT2D eigenvalue weighted by molar-refractivity contribution is 8.05. The fraction of sp³-hybridized carbons (Fsp3) is 0.0968. The zero-order chi connectivity index (χ0) is 23.6. The average Bonchev–Trinajstić information content (AvgIpc) is 3.14. The van der Waals surface area contributed by atoms with Crippen LogP contribution >= 0.6 is 23.5 Å². The van der Waals surface area contributed by atoms with E-state index in [-0.39, 0.29) is 5.41 Å². The molecule has 168 valence electrons. The quantitative estimate of drug-likeness (QED) is 0.244. The van der Waals surface area contributed by atoms with E-state index in [0.717, 1.165) is 22.5 Å². The molecule has 35 heavy (non-hydrogen) atoms. The Morgan fingerprint density at radius 2 is 1.29 bits per heavy atom. The van der Waals surface area contributed by atoms with Gasteiger partial charge in [0.05, 0.1) is 0 Å². The molecular weight excluding hydrogens is 464 g/mol. The molecule has 0 N–H and O–H groups in total. The molecule has 0 amide bonds. The predicted octanol–water partition coefficient (Wildman–Crippen LogP) is 8.73. The van der Waals surface area contributed by atoms with Crippen molar-refractivity contribution in [3.05, 3.63) is 108 Å². The zero-order valence-electron chi connectivity index (χ0n) is 19.4. The van der Waals surface area contributed by atoms with Crippen molar-refractivity contribution in [2.45, 2.75) is 38.8 Å². The molecule has 0 saturated carbocycles. The minimum Gasteiger partial charge on any atom is -0.236 e. The second kappa shape index (κ2) is 7.84. The summed E-state index contributed by atoms with van der Waals surface area (Å²) in [6, 6.07) is 30.3. The van der Waals surface area contributed by atoms with Crippen LogP contribution in [0, 0.1) is 0 Å². The molecule has 1 aromatic heterocycles. The number of nitrogens with zero attached hydrogens (tertiary/aromatic N) is 2. The van der Waals surface area contributed by atoms with Crippen molar-refractivity contribution in [3.8, 4) is 33.6 Å². The largest absolute Gasteiger partial charge is 0.236 e. The molecule has 0 radical (unpaired) electrons. The van der Waals surface area contributed by atoms with Gasteiger partial charge in [-0.05, 0) is 52.1 Å². The Bertz CT molecular complexity index is 1610. The van der Waals surface area contributed by atoms with Gasteiger partial charge in [0.1, 0.15) is 0 Å². The van der Waals surface area contributed by atoms with Gasteiger partial charge < -0.3 is 0 Å². The molecule has 0 unspecified atom stereocenters. The molecule has 0 spiro atoms. The topological polar surface area (TPSA) is 25.8 Å². The zero-order valence-corrected chi connectivity index (χ0v) is 21.1. The van der Waals surface area contributed by atoms with Crippen LogP contribution in [0.1, 0.15) is 25.0 Å². The van der Waals surface area contributed by atoms with Gasteiger partial charge in [-0.1, -0.05) is 98.0 Å². The van der Waals surface area contributed by atoms with Crippen LogP contribution in [0.3, 0.4) is 0 Å². The second-order valence-electron chi connectivity index (χ2n) is 9.51. The summed E-state index contributed by atoms with van der Waals surface area (Å²) in [6.45, 7) is 4.71. The van der Waals surface area contributed by atoms with Crippen LogP contribution in [0.15, 0.2) is 117 Å². The van der Waals surface area contributed by atoms with Crippen molar-refractivity contribution < 1.29 is 0 Å². The maximum absolute atomic E-state index is 4.72. The molecule has 4 aromatic carbocycles. The Labute approximate surface area is 213 Å². The molecule has 2 aliphatic rings. The monoisotopic (exact) mass is 486 g/mol. The minimum atomic E-state index is -0.101. The molecule has 7 rings (SSSR count). The van der Waals surface area contributed by atoms with E-state index in [1.54, 1.807) is 0 Å². The Morgan fingerprint density at radius 1 is 0.600 bits per heavy atom. The van der Waals surface area contributed by atoms with Gasteiger partial charge in [0.2, 0.25) is 0 Å². The van der Waals surface area contributed by atoms with Gasteiger partial charge in [-0.2, -0.15) is 0 Å². The number of benzene rings is 4. The maximum Gasteiger partial charge on any atom is 0.159 e. The van der Waals surface area contributed by atoms with Crippen LogP contribution in [-0.2, 0) is 5.41 Å². The minimum absolute atomic E-state index is 0.101. The third-order valence-corrected chi connectivity index (χ3v) is 9.63. The lowest BCUT2D eigenvalue weighted by atomic mass is 9.82. The Kier molecular flexibility index (Phi) is 4.70. The van der Waals surface area contributed by atoms with Crippen LogP contribution < -0.4 is 0 Å². The molecule has 2 nitrogen and oxygen atoms in total. The standard InChI is InChI=1S/C31H22N2S2/c1-31(2)24-16-20(30-32-17-21(18-33-30)19-8-4-3-5-9-19)12-13-22(24)23-14-15-27-29(28(23)31)35-26-11-7-6-10-25(26)34-27/h3-18H,1-2H3. The molecule has 0 saturated heterocycles. The highest BCUT2D eigenvalue weighted by Gasteiger charge is 2.39. The molecule has 0 bridgehead atoms. The van der Waals surface area contributed by atoms with Gasteiger partial charge in [-0.3, -0.25) is 0 Å². The average molecular weight is 487 g/mol. The van der Waals surface area contributed by atoms with E-state index < -0.39 is 0 Å². The first kappa shape index (κ1) is 21.0. The van der Waals surface area contributed by atoms with E-state index >= 15 is 0 Å². The smallest absolute Gasteiger partial charge is 0.159 e. The van der Waals surface area contributed by atoms with Crippen LogP contribution in [0.2, 0.25) is 0 Å². The summed E-state index contributed by atoms with van der Waals surface area (Å²) in [5, 5.41) is 0. The van der Waals surface area contributed by atoms with Crippen molar-refractivity contribution in [3.63, 3.8) is 0 Å². The summed E-state index contributed by atoms with van der Waals surface area (Å²) < 4.78 is 0. The summed E-state index contributed by atoms with van der Waals surface area (Å²) >= 11 is 3.80. The fourth-order valence-electron chi connectivity index (χ4n) is 5.26. The van der Waals surface area contributed by atoms with Gasteiger partial charge in [0, 0.05) is 48.5 Å². The summed E-state index contributed by atoms with van der Waals surface area (Å²) in [4.78, 5) is 14.9. The van der Waals surface area contributed by atoms with Crippen molar-refractivity contribution in [2.75, 3.05) is 0 Å². The van der Waals surface area contributed by atoms with Crippen molar-refractivity contribution >= 4 is 23.5 Å². The summed E-state index contributed by atoms with van der Waals surface area (Å²) in [5.74, 6) is 0.764. The van der Waals surface area contributed by atoms with E-state index in [4.69, 9.17) is 9.97 Å². The van der Waals surface area contributed by atoms with E-state index in [1.807, 2.05) is 54.1 Å². The Balaban J connectivity index is 1.29. The lowest BCUT2D eigenvalue weighted by Gasteiger charge is -2.28. The first-order valence-electron chi connectivity index (χ1n) is 11.7. The number of hydrogen-bond acceptors (Lipinski definition) is 4. The number of aromatic nitrogens is 2. The van der Waals surface area contributed by atoms with E-state index in [1.165, 1.54) is 41.8 Å². The Morgan fingerprint density at radius 3 is 2.06 bits per heavy atom.